The molecule has 0 aromatic rings. The van der Waals surface area contributed by atoms with Crippen LogP contribution < -0.4 is 0 Å². The van der Waals surface area contributed by atoms with Crippen LogP contribution in [0.15, 0.2) is 0 Å². The van der Waals surface area contributed by atoms with Gasteiger partial charge in [0.1, 0.15) is 0 Å². The van der Waals surface area contributed by atoms with Crippen molar-refractivity contribution in [2.45, 2.75) is 39.7 Å². The van der Waals surface area contributed by atoms with Crippen molar-refractivity contribution in [1.82, 2.24) is 9.80 Å². The first-order chi connectivity index (χ1) is 9.86. The first kappa shape index (κ1) is 17.1. The fourth-order valence-corrected chi connectivity index (χ4v) is 2.10. The van der Waals surface area contributed by atoms with Gasteiger partial charge in [0, 0.05) is 25.6 Å². The van der Waals surface area contributed by atoms with Crippen molar-refractivity contribution in [2.24, 2.45) is 0 Å². The molecule has 1 heterocycles. The summed E-state index contributed by atoms with van der Waals surface area (Å²) in [7, 11) is 0. The van der Waals surface area contributed by atoms with Gasteiger partial charge in [0.05, 0.1) is 19.6 Å². The molecule has 7 heteroatoms. The van der Waals surface area contributed by atoms with Gasteiger partial charge < -0.3 is 14.5 Å². The summed E-state index contributed by atoms with van der Waals surface area (Å²) in [6.07, 6.45) is 0.0193. The van der Waals surface area contributed by atoms with Gasteiger partial charge in [0.2, 0.25) is 0 Å². The maximum absolute atomic E-state index is 11.9. The largest absolute Gasteiger partial charge is 0.466 e. The minimum absolute atomic E-state index is 0.000763. The molecule has 0 spiro atoms. The van der Waals surface area contributed by atoms with Crippen LogP contribution in [0.5, 0.6) is 0 Å². The highest BCUT2D eigenvalue weighted by Gasteiger charge is 2.34. The molecule has 0 atom stereocenters. The molecule has 1 aliphatic heterocycles. The Balaban J connectivity index is 2.45. The molecule has 1 fully saturated rings. The Morgan fingerprint density at radius 3 is 2.38 bits per heavy atom. The molecule has 0 aromatic carbocycles. The van der Waals surface area contributed by atoms with E-state index in [0.717, 1.165) is 0 Å². The maximum Gasteiger partial charge on any atom is 0.312 e. The number of carbonyl (C=O) groups excluding carboxylic acids is 4. The van der Waals surface area contributed by atoms with Crippen LogP contribution >= 0.6 is 0 Å². The van der Waals surface area contributed by atoms with E-state index < -0.39 is 17.8 Å². The van der Waals surface area contributed by atoms with E-state index in [0.29, 0.717) is 13.1 Å². The van der Waals surface area contributed by atoms with Gasteiger partial charge in [0.15, 0.2) is 5.78 Å². The highest BCUT2D eigenvalue weighted by molar-refractivity contribution is 6.35. The third-order valence-electron chi connectivity index (χ3n) is 3.25. The first-order valence-corrected chi connectivity index (χ1v) is 7.14. The summed E-state index contributed by atoms with van der Waals surface area (Å²) < 4.78 is 4.73. The summed E-state index contributed by atoms with van der Waals surface area (Å²) in [5.41, 5.74) is 0. The molecule has 0 saturated carbocycles. The summed E-state index contributed by atoms with van der Waals surface area (Å²) in [6.45, 7) is 6.28. The topological polar surface area (TPSA) is 84.0 Å². The number of piperazine rings is 1. The van der Waals surface area contributed by atoms with Gasteiger partial charge in [0.25, 0.3) is 0 Å². The highest BCUT2D eigenvalue weighted by atomic mass is 16.5. The van der Waals surface area contributed by atoms with Gasteiger partial charge in [-0.05, 0) is 20.8 Å². The number of rotatable bonds is 7. The van der Waals surface area contributed by atoms with Gasteiger partial charge in [-0.3, -0.25) is 19.2 Å². The van der Waals surface area contributed by atoms with Crippen molar-refractivity contribution in [1.29, 1.82) is 0 Å². The average Bonchev–Trinajstić information content (AvgIpc) is 2.42. The fraction of sp³-hybridized carbons (Fsp3) is 0.714. The Bertz CT molecular complexity index is 433. The number of nitrogens with zero attached hydrogens (tertiary/aromatic N) is 2. The lowest BCUT2D eigenvalue weighted by Gasteiger charge is -2.35. The summed E-state index contributed by atoms with van der Waals surface area (Å²) >= 11 is 0. The van der Waals surface area contributed by atoms with E-state index in [4.69, 9.17) is 4.74 Å². The van der Waals surface area contributed by atoms with E-state index in [2.05, 4.69) is 0 Å². The number of amides is 2. The van der Waals surface area contributed by atoms with E-state index >= 15 is 0 Å². The third kappa shape index (κ3) is 4.84. The number of esters is 1. The predicted octanol–water partition coefficient (Wildman–Crippen LogP) is -0.0220. The first-order valence-electron chi connectivity index (χ1n) is 7.14. The molecule has 0 N–H and O–H groups in total. The molecule has 1 rings (SSSR count). The van der Waals surface area contributed by atoms with E-state index in [1.165, 1.54) is 9.80 Å². The highest BCUT2D eigenvalue weighted by Crippen LogP contribution is 2.09. The second-order valence-corrected chi connectivity index (χ2v) is 5.16. The molecule has 1 aliphatic rings. The minimum Gasteiger partial charge on any atom is -0.466 e. The van der Waals surface area contributed by atoms with E-state index in [1.807, 2.05) is 13.8 Å². The monoisotopic (exact) mass is 298 g/mol. The van der Waals surface area contributed by atoms with E-state index in [1.54, 1.807) is 6.92 Å². The molecule has 21 heavy (non-hydrogen) atoms. The molecule has 0 aromatic heterocycles. The molecular weight excluding hydrogens is 276 g/mol. The molecule has 0 aliphatic carbocycles. The van der Waals surface area contributed by atoms with Crippen molar-refractivity contribution < 1.29 is 23.9 Å². The number of ether oxygens (including phenoxy) is 1. The predicted molar refractivity (Wildman–Crippen MR) is 74.3 cm³/mol. The lowest BCUT2D eigenvalue weighted by molar-refractivity contribution is -0.158. The van der Waals surface area contributed by atoms with Gasteiger partial charge >= 0.3 is 17.8 Å². The number of ketones is 1. The molecule has 7 nitrogen and oxygen atoms in total. The summed E-state index contributed by atoms with van der Waals surface area (Å²) in [5.74, 6) is -1.91. The lowest BCUT2D eigenvalue weighted by Crippen LogP contribution is -2.57. The Hall–Kier alpha value is -1.92. The lowest BCUT2D eigenvalue weighted by atomic mass is 10.1. The molecule has 2 amide bonds. The zero-order valence-electron chi connectivity index (χ0n) is 12.8. The van der Waals surface area contributed by atoms with Crippen LogP contribution in [-0.4, -0.2) is 65.6 Å². The van der Waals surface area contributed by atoms with Crippen LogP contribution in [0.4, 0.5) is 0 Å². The summed E-state index contributed by atoms with van der Waals surface area (Å²) in [6, 6.07) is -0.0388. The fourth-order valence-electron chi connectivity index (χ4n) is 2.10. The number of hydrogen-bond donors (Lipinski definition) is 0. The Kier molecular flexibility index (Phi) is 6.33. The van der Waals surface area contributed by atoms with Crippen molar-refractivity contribution in [2.75, 3.05) is 26.2 Å². The smallest absolute Gasteiger partial charge is 0.312 e. The van der Waals surface area contributed by atoms with Crippen LogP contribution in [0.3, 0.4) is 0 Å². The van der Waals surface area contributed by atoms with Gasteiger partial charge in [-0.25, -0.2) is 0 Å². The van der Waals surface area contributed by atoms with Crippen LogP contribution in [0, 0.1) is 0 Å². The SMILES string of the molecule is CCOC(=O)CCC(=O)CN1CCN(C(C)C)C(=O)C1=O. The third-order valence-corrected chi connectivity index (χ3v) is 3.25. The Labute approximate surface area is 124 Å². The number of hydrogen-bond acceptors (Lipinski definition) is 5. The Morgan fingerprint density at radius 2 is 1.81 bits per heavy atom. The molecule has 0 unspecified atom stereocenters. The van der Waals surface area contributed by atoms with Crippen LogP contribution in [0.1, 0.15) is 33.6 Å². The number of carbonyl (C=O) groups is 4. The summed E-state index contributed by atoms with van der Waals surface area (Å²) in [4.78, 5) is 49.4. The minimum atomic E-state index is -0.653. The Morgan fingerprint density at radius 1 is 1.14 bits per heavy atom. The van der Waals surface area contributed by atoms with Crippen LogP contribution in [-0.2, 0) is 23.9 Å². The molecule has 0 bridgehead atoms. The average molecular weight is 298 g/mol. The zero-order chi connectivity index (χ0) is 16.0. The van der Waals surface area contributed by atoms with E-state index in [-0.39, 0.29) is 37.8 Å². The van der Waals surface area contributed by atoms with E-state index in [9.17, 15) is 19.2 Å². The number of Topliss-reactive ketones (excluding diaryl/α,β-unsaturated/α-hetero) is 1. The maximum atomic E-state index is 11.9. The molecular formula is C14H22N2O5. The van der Waals surface area contributed by atoms with Crippen molar-refractivity contribution in [3.63, 3.8) is 0 Å². The molecule has 1 saturated heterocycles. The quantitative estimate of drug-likeness (QED) is 0.487. The van der Waals surface area contributed by atoms with Gasteiger partial charge in [-0.15, -0.1) is 0 Å². The zero-order valence-corrected chi connectivity index (χ0v) is 12.8. The van der Waals surface area contributed by atoms with Crippen molar-refractivity contribution in [3.8, 4) is 0 Å². The standard InChI is InChI=1S/C14H22N2O5/c1-4-21-12(18)6-5-11(17)9-15-7-8-16(10(2)3)14(20)13(15)19/h10H,4-9H2,1-3H3. The molecule has 118 valence electrons. The molecule has 0 radical (unpaired) electrons. The van der Waals surface area contributed by atoms with Gasteiger partial charge in [-0.1, -0.05) is 0 Å². The normalized spacial score (nSPS) is 15.6. The van der Waals surface area contributed by atoms with Crippen LogP contribution in [0.2, 0.25) is 0 Å². The second-order valence-electron chi connectivity index (χ2n) is 5.16. The summed E-state index contributed by atoms with van der Waals surface area (Å²) in [5, 5.41) is 0. The van der Waals surface area contributed by atoms with Gasteiger partial charge in [-0.2, -0.15) is 0 Å². The van der Waals surface area contributed by atoms with Crippen LogP contribution in [0.25, 0.3) is 0 Å². The van der Waals surface area contributed by atoms with Crippen molar-refractivity contribution in [3.05, 3.63) is 0 Å². The van der Waals surface area contributed by atoms with Crippen molar-refractivity contribution >= 4 is 23.6 Å². The second kappa shape index (κ2) is 7.75.